The van der Waals surface area contributed by atoms with Gasteiger partial charge in [-0.15, -0.1) is 12.4 Å². The monoisotopic (exact) mass is 249 g/mol. The third kappa shape index (κ3) is 3.38. The molecule has 0 aliphatic carbocycles. The minimum Gasteiger partial charge on any atom is -0.468 e. The normalized spacial score (nSPS) is 11.5. The smallest absolute Gasteiger partial charge is 0.327 e. The van der Waals surface area contributed by atoms with Crippen molar-refractivity contribution in [2.75, 3.05) is 7.11 Å². The number of methoxy groups -OCH3 is 1. The van der Waals surface area contributed by atoms with E-state index in [1.807, 2.05) is 13.0 Å². The number of hydrogen-bond donors (Lipinski definition) is 1. The molecule has 3 nitrogen and oxygen atoms in total. The molecular weight excluding hydrogens is 237 g/mol. The summed E-state index contributed by atoms with van der Waals surface area (Å²) in [6, 6.07) is 4.50. The summed E-state index contributed by atoms with van der Waals surface area (Å²) in [5, 5.41) is 0.599. The quantitative estimate of drug-likeness (QED) is 0.819. The second-order valence-electron chi connectivity index (χ2n) is 3.01. The number of rotatable bonds is 2. The summed E-state index contributed by atoms with van der Waals surface area (Å²) in [7, 11) is 1.30. The number of carbonyl (C=O) groups is 1. The molecule has 15 heavy (non-hydrogen) atoms. The summed E-state index contributed by atoms with van der Waals surface area (Å²) >= 11 is 5.90. The van der Waals surface area contributed by atoms with Crippen LogP contribution in [0.1, 0.15) is 17.2 Å². The molecule has 1 atom stereocenters. The Morgan fingerprint density at radius 3 is 2.60 bits per heavy atom. The van der Waals surface area contributed by atoms with E-state index in [1.165, 1.54) is 7.11 Å². The Morgan fingerprint density at radius 1 is 1.53 bits per heavy atom. The van der Waals surface area contributed by atoms with Crippen LogP contribution in [0.25, 0.3) is 0 Å². The van der Waals surface area contributed by atoms with Crippen molar-refractivity contribution < 1.29 is 9.53 Å². The van der Waals surface area contributed by atoms with Gasteiger partial charge in [0.2, 0.25) is 0 Å². The number of carbonyl (C=O) groups excluding carboxylic acids is 1. The van der Waals surface area contributed by atoms with E-state index in [4.69, 9.17) is 17.3 Å². The fourth-order valence-electron chi connectivity index (χ4n) is 1.07. The Labute approximate surface area is 100.0 Å². The molecule has 1 rings (SSSR count). The van der Waals surface area contributed by atoms with E-state index >= 15 is 0 Å². The Balaban J connectivity index is 0.00000196. The van der Waals surface area contributed by atoms with Gasteiger partial charge in [0.1, 0.15) is 6.04 Å². The van der Waals surface area contributed by atoms with E-state index in [1.54, 1.807) is 12.1 Å². The molecule has 1 aromatic rings. The van der Waals surface area contributed by atoms with Gasteiger partial charge in [-0.2, -0.15) is 0 Å². The number of esters is 1. The maximum absolute atomic E-state index is 11.1. The van der Waals surface area contributed by atoms with Crippen LogP contribution in [0.3, 0.4) is 0 Å². The van der Waals surface area contributed by atoms with E-state index in [2.05, 4.69) is 4.74 Å². The first kappa shape index (κ1) is 14.2. The third-order valence-corrected chi connectivity index (χ3v) is 2.42. The van der Waals surface area contributed by atoms with Gasteiger partial charge in [0.25, 0.3) is 0 Å². The summed E-state index contributed by atoms with van der Waals surface area (Å²) in [5.74, 6) is -0.468. The van der Waals surface area contributed by atoms with Crippen LogP contribution in [-0.4, -0.2) is 13.1 Å². The molecule has 0 amide bonds. The van der Waals surface area contributed by atoms with E-state index in [9.17, 15) is 4.79 Å². The summed E-state index contributed by atoms with van der Waals surface area (Å²) in [4.78, 5) is 11.1. The first-order valence-electron chi connectivity index (χ1n) is 4.15. The van der Waals surface area contributed by atoms with Crippen LogP contribution in [0.5, 0.6) is 0 Å². The topological polar surface area (TPSA) is 52.3 Å². The molecule has 0 aromatic heterocycles. The Bertz CT molecular complexity index is 355. The second kappa shape index (κ2) is 5.95. The highest BCUT2D eigenvalue weighted by Crippen LogP contribution is 2.20. The number of nitrogens with two attached hydrogens (primary N) is 1. The van der Waals surface area contributed by atoms with Crippen LogP contribution >= 0.6 is 24.0 Å². The fourth-order valence-corrected chi connectivity index (χ4v) is 1.25. The maximum atomic E-state index is 11.1. The van der Waals surface area contributed by atoms with Crippen molar-refractivity contribution in [1.29, 1.82) is 0 Å². The lowest BCUT2D eigenvalue weighted by molar-refractivity contribution is -0.142. The standard InChI is InChI=1S/C10H12ClNO2.ClH/c1-6-3-4-7(5-8(6)11)9(12)10(13)14-2;/h3-5,9H,12H2,1-2H3;1H/t9-;/m1./s1. The molecule has 0 fully saturated rings. The third-order valence-electron chi connectivity index (χ3n) is 2.01. The lowest BCUT2D eigenvalue weighted by atomic mass is 10.1. The summed E-state index contributed by atoms with van der Waals surface area (Å²) in [6.07, 6.45) is 0. The lowest BCUT2D eigenvalue weighted by Crippen LogP contribution is -2.22. The van der Waals surface area contributed by atoms with Gasteiger partial charge in [0.05, 0.1) is 7.11 Å². The van der Waals surface area contributed by atoms with Crippen molar-refractivity contribution in [3.63, 3.8) is 0 Å². The van der Waals surface area contributed by atoms with Crippen molar-refractivity contribution in [2.45, 2.75) is 13.0 Å². The van der Waals surface area contributed by atoms with E-state index in [0.717, 1.165) is 5.56 Å². The first-order valence-corrected chi connectivity index (χ1v) is 4.53. The molecule has 1 aromatic carbocycles. The van der Waals surface area contributed by atoms with Crippen molar-refractivity contribution in [1.82, 2.24) is 0 Å². The zero-order valence-corrected chi connectivity index (χ0v) is 10.1. The largest absolute Gasteiger partial charge is 0.468 e. The average Bonchev–Trinajstić information content (AvgIpc) is 2.20. The number of aryl methyl sites for hydroxylation is 1. The molecule has 84 valence electrons. The fraction of sp³-hybridized carbons (Fsp3) is 0.300. The molecule has 0 unspecified atom stereocenters. The molecule has 0 heterocycles. The second-order valence-corrected chi connectivity index (χ2v) is 3.42. The summed E-state index contributed by atoms with van der Waals surface area (Å²) < 4.78 is 4.53. The first-order chi connectivity index (χ1) is 6.56. The van der Waals surface area contributed by atoms with Gasteiger partial charge in [0.15, 0.2) is 0 Å². The molecule has 0 saturated heterocycles. The lowest BCUT2D eigenvalue weighted by Gasteiger charge is -2.10. The SMILES string of the molecule is COC(=O)[C@H](N)c1ccc(C)c(Cl)c1.Cl. The predicted molar refractivity (Wildman–Crippen MR) is 62.4 cm³/mol. The van der Waals surface area contributed by atoms with Gasteiger partial charge in [-0.25, -0.2) is 0 Å². The molecule has 2 N–H and O–H groups in total. The van der Waals surface area contributed by atoms with Gasteiger partial charge < -0.3 is 10.5 Å². The van der Waals surface area contributed by atoms with Gasteiger partial charge in [-0.3, -0.25) is 4.79 Å². The number of benzene rings is 1. The zero-order valence-electron chi connectivity index (χ0n) is 8.49. The van der Waals surface area contributed by atoms with E-state index < -0.39 is 12.0 Å². The highest BCUT2D eigenvalue weighted by molar-refractivity contribution is 6.31. The molecular formula is C10H13Cl2NO2. The van der Waals surface area contributed by atoms with Crippen LogP contribution < -0.4 is 5.73 Å². The van der Waals surface area contributed by atoms with Gasteiger partial charge in [-0.1, -0.05) is 23.7 Å². The van der Waals surface area contributed by atoms with Gasteiger partial charge >= 0.3 is 5.97 Å². The van der Waals surface area contributed by atoms with Gasteiger partial charge in [-0.05, 0) is 24.1 Å². The highest BCUT2D eigenvalue weighted by atomic mass is 35.5. The average molecular weight is 250 g/mol. The number of halogens is 2. The molecule has 0 spiro atoms. The van der Waals surface area contributed by atoms with E-state index in [-0.39, 0.29) is 12.4 Å². The maximum Gasteiger partial charge on any atom is 0.327 e. The van der Waals surface area contributed by atoms with Crippen LogP contribution in [-0.2, 0) is 9.53 Å². The summed E-state index contributed by atoms with van der Waals surface area (Å²) in [5.41, 5.74) is 7.25. The molecule has 0 aliphatic heterocycles. The number of ether oxygens (including phenoxy) is 1. The van der Waals surface area contributed by atoms with Crippen LogP contribution in [0, 0.1) is 6.92 Å². The van der Waals surface area contributed by atoms with Crippen molar-refractivity contribution in [3.05, 3.63) is 34.3 Å². The van der Waals surface area contributed by atoms with Crippen LogP contribution in [0.15, 0.2) is 18.2 Å². The predicted octanol–water partition coefficient (Wildman–Crippen LogP) is 2.24. The molecule has 0 saturated carbocycles. The van der Waals surface area contributed by atoms with Crippen molar-refractivity contribution in [2.24, 2.45) is 5.73 Å². The van der Waals surface area contributed by atoms with Crippen LogP contribution in [0.2, 0.25) is 5.02 Å². The van der Waals surface area contributed by atoms with Gasteiger partial charge in [0, 0.05) is 5.02 Å². The number of hydrogen-bond acceptors (Lipinski definition) is 3. The van der Waals surface area contributed by atoms with Crippen molar-refractivity contribution >= 4 is 30.0 Å². The minimum absolute atomic E-state index is 0. The van der Waals surface area contributed by atoms with E-state index in [0.29, 0.717) is 10.6 Å². The molecule has 0 aliphatic rings. The van der Waals surface area contributed by atoms with Crippen molar-refractivity contribution in [3.8, 4) is 0 Å². The Hall–Kier alpha value is -0.770. The molecule has 5 heteroatoms. The summed E-state index contributed by atoms with van der Waals surface area (Å²) in [6.45, 7) is 1.88. The Morgan fingerprint density at radius 2 is 2.13 bits per heavy atom. The molecule has 0 bridgehead atoms. The zero-order chi connectivity index (χ0) is 10.7. The Kier molecular flexibility index (Phi) is 5.65. The molecule has 0 radical (unpaired) electrons. The van der Waals surface area contributed by atoms with Crippen LogP contribution in [0.4, 0.5) is 0 Å². The minimum atomic E-state index is -0.766. The highest BCUT2D eigenvalue weighted by Gasteiger charge is 2.16.